The van der Waals surface area contributed by atoms with Crippen molar-refractivity contribution in [2.24, 2.45) is 28.7 Å². The highest BCUT2D eigenvalue weighted by Gasteiger charge is 2.22. The molecule has 2 unspecified atom stereocenters. The lowest BCUT2D eigenvalue weighted by atomic mass is 9.81. The first-order valence-corrected chi connectivity index (χ1v) is 12.9. The first-order valence-electron chi connectivity index (χ1n) is 12.9. The van der Waals surface area contributed by atoms with Gasteiger partial charge in [0.25, 0.3) is 0 Å². The number of carbonyl (C=O) groups excluding carboxylic acids is 1. The fourth-order valence-corrected chi connectivity index (χ4v) is 3.33. The Hall–Kier alpha value is -0.870. The van der Waals surface area contributed by atoms with Gasteiger partial charge in [0.15, 0.2) is 0 Å². The SMILES string of the molecule is C=CC(C)(CC)[C@@H](C)N.CC.CCC.CNCCCCCC[C@H]1CCC(C)C1.NC=O. The summed E-state index contributed by atoms with van der Waals surface area (Å²) in [4.78, 5) is 8.58. The fraction of sp³-hybridized carbons (Fsp3) is 0.889. The molecule has 0 aromatic carbocycles. The van der Waals surface area contributed by atoms with Crippen LogP contribution in [0.4, 0.5) is 0 Å². The van der Waals surface area contributed by atoms with Crippen LogP contribution in [0.15, 0.2) is 12.7 Å². The van der Waals surface area contributed by atoms with Crippen molar-refractivity contribution in [1.82, 2.24) is 5.32 Å². The monoisotopic (exact) mass is 443 g/mol. The van der Waals surface area contributed by atoms with Crippen LogP contribution in [-0.4, -0.2) is 26.0 Å². The molecule has 4 nitrogen and oxygen atoms in total. The lowest BCUT2D eigenvalue weighted by Crippen LogP contribution is -2.34. The van der Waals surface area contributed by atoms with Gasteiger partial charge in [0.05, 0.1) is 0 Å². The van der Waals surface area contributed by atoms with Gasteiger partial charge in [-0.3, -0.25) is 4.79 Å². The van der Waals surface area contributed by atoms with Crippen LogP contribution in [0.3, 0.4) is 0 Å². The van der Waals surface area contributed by atoms with Gasteiger partial charge < -0.3 is 16.8 Å². The van der Waals surface area contributed by atoms with Gasteiger partial charge >= 0.3 is 0 Å². The van der Waals surface area contributed by atoms with E-state index < -0.39 is 0 Å². The molecule has 5 N–H and O–H groups in total. The third-order valence-electron chi connectivity index (χ3n) is 5.86. The minimum Gasteiger partial charge on any atom is -0.372 e. The molecule has 0 radical (unpaired) electrons. The van der Waals surface area contributed by atoms with E-state index in [2.05, 4.69) is 52.2 Å². The quantitative estimate of drug-likeness (QED) is 0.192. The van der Waals surface area contributed by atoms with Gasteiger partial charge in [0.2, 0.25) is 6.41 Å². The maximum Gasteiger partial charge on any atom is 0.204 e. The standard InChI is InChI=1S/C13H27N.C8H17N.C3H8.C2H6.CH3NO/c1-12-8-9-13(11-12)7-5-3-4-6-10-14-2;1-5-8(4,6-2)7(3)9;1-3-2;1-2;2-1-3/h12-14H,3-11H2,1-2H3;5,7H,1,6,9H2,2-4H3;3H2,1-2H3;1-2H3;1H,(H2,2,3)/t12?,13-;7-,8?;;;/m01.../s1. The Kier molecular flexibility index (Phi) is 35.2. The van der Waals surface area contributed by atoms with Crippen molar-refractivity contribution in [3.8, 4) is 0 Å². The number of unbranched alkanes of at least 4 members (excludes halogenated alkanes) is 3. The molecule has 0 bridgehead atoms. The predicted molar refractivity (Wildman–Crippen MR) is 143 cm³/mol. The third-order valence-corrected chi connectivity index (χ3v) is 5.86. The maximum absolute atomic E-state index is 8.58. The zero-order valence-electron chi connectivity index (χ0n) is 22.9. The van der Waals surface area contributed by atoms with Crippen LogP contribution in [0, 0.1) is 17.3 Å². The van der Waals surface area contributed by atoms with E-state index in [9.17, 15) is 0 Å². The summed E-state index contributed by atoms with van der Waals surface area (Å²) in [6.07, 6.45) is 16.2. The highest BCUT2D eigenvalue weighted by atomic mass is 16.1. The number of hydrogen-bond donors (Lipinski definition) is 3. The second-order valence-electron chi connectivity index (χ2n) is 8.79. The molecule has 0 spiro atoms. The van der Waals surface area contributed by atoms with Crippen LogP contribution in [0.5, 0.6) is 0 Å². The van der Waals surface area contributed by atoms with Crippen LogP contribution in [0.2, 0.25) is 0 Å². The summed E-state index contributed by atoms with van der Waals surface area (Å²) in [7, 11) is 2.04. The van der Waals surface area contributed by atoms with E-state index in [1.54, 1.807) is 0 Å². The molecular formula is C27H61N3O. The number of primary amides is 1. The zero-order valence-corrected chi connectivity index (χ0v) is 22.9. The molecule has 1 saturated carbocycles. The van der Waals surface area contributed by atoms with E-state index in [-0.39, 0.29) is 17.9 Å². The molecular weight excluding hydrogens is 382 g/mol. The van der Waals surface area contributed by atoms with Crippen molar-refractivity contribution >= 4 is 6.41 Å². The molecule has 1 fully saturated rings. The summed E-state index contributed by atoms with van der Waals surface area (Å²) in [6.45, 7) is 21.9. The summed E-state index contributed by atoms with van der Waals surface area (Å²) >= 11 is 0. The number of carbonyl (C=O) groups is 1. The van der Waals surface area contributed by atoms with Crippen molar-refractivity contribution in [2.75, 3.05) is 13.6 Å². The Morgan fingerprint density at radius 3 is 1.90 bits per heavy atom. The molecule has 0 aromatic heterocycles. The van der Waals surface area contributed by atoms with Crippen LogP contribution in [0.1, 0.15) is 120 Å². The highest BCUT2D eigenvalue weighted by Crippen LogP contribution is 2.33. The molecule has 1 amide bonds. The number of amides is 1. The molecule has 0 heterocycles. The van der Waals surface area contributed by atoms with Crippen molar-refractivity contribution < 1.29 is 4.79 Å². The largest absolute Gasteiger partial charge is 0.372 e. The summed E-state index contributed by atoms with van der Waals surface area (Å²) in [6, 6.07) is 0.208. The Balaban J connectivity index is -0.000000184. The summed E-state index contributed by atoms with van der Waals surface area (Å²) in [5, 5.41) is 3.21. The maximum atomic E-state index is 8.58. The molecule has 1 rings (SSSR count). The molecule has 0 aromatic rings. The first-order chi connectivity index (χ1) is 14.7. The Bertz CT molecular complexity index is 347. The molecule has 4 heteroatoms. The van der Waals surface area contributed by atoms with Crippen LogP contribution in [-0.2, 0) is 4.79 Å². The van der Waals surface area contributed by atoms with E-state index in [1.165, 1.54) is 64.3 Å². The Morgan fingerprint density at radius 1 is 1.13 bits per heavy atom. The average Bonchev–Trinajstić information content (AvgIpc) is 3.18. The fourth-order valence-electron chi connectivity index (χ4n) is 3.33. The van der Waals surface area contributed by atoms with Crippen LogP contribution >= 0.6 is 0 Å². The first kappa shape index (κ1) is 37.4. The summed E-state index contributed by atoms with van der Waals surface area (Å²) in [5.41, 5.74) is 10.0. The Labute approximate surface area is 197 Å². The van der Waals surface area contributed by atoms with Gasteiger partial charge in [-0.1, -0.05) is 99.5 Å². The van der Waals surface area contributed by atoms with Gasteiger partial charge in [0.1, 0.15) is 0 Å². The average molecular weight is 444 g/mol. The molecule has 0 saturated heterocycles. The van der Waals surface area contributed by atoms with Crippen molar-refractivity contribution in [1.29, 1.82) is 0 Å². The second kappa shape index (κ2) is 29.1. The van der Waals surface area contributed by atoms with Crippen molar-refractivity contribution in [3.63, 3.8) is 0 Å². The Morgan fingerprint density at radius 2 is 1.61 bits per heavy atom. The molecule has 31 heavy (non-hydrogen) atoms. The topological polar surface area (TPSA) is 81.1 Å². The van der Waals surface area contributed by atoms with Crippen LogP contribution < -0.4 is 16.8 Å². The van der Waals surface area contributed by atoms with Gasteiger partial charge in [-0.05, 0) is 57.0 Å². The van der Waals surface area contributed by atoms with Crippen molar-refractivity contribution in [2.45, 2.75) is 126 Å². The van der Waals surface area contributed by atoms with Crippen molar-refractivity contribution in [3.05, 3.63) is 12.7 Å². The molecule has 190 valence electrons. The van der Waals surface area contributed by atoms with E-state index in [4.69, 9.17) is 10.5 Å². The van der Waals surface area contributed by atoms with Gasteiger partial charge in [-0.25, -0.2) is 0 Å². The lowest BCUT2D eigenvalue weighted by molar-refractivity contribution is -0.106. The van der Waals surface area contributed by atoms with Gasteiger partial charge in [0, 0.05) is 6.04 Å². The van der Waals surface area contributed by atoms with Gasteiger partial charge in [-0.2, -0.15) is 0 Å². The number of nitrogens with one attached hydrogen (secondary N) is 1. The minimum absolute atomic E-state index is 0.125. The van der Waals surface area contributed by atoms with E-state index >= 15 is 0 Å². The van der Waals surface area contributed by atoms with E-state index in [0.29, 0.717) is 0 Å². The molecule has 1 aliphatic rings. The number of nitrogens with two attached hydrogens (primary N) is 2. The summed E-state index contributed by atoms with van der Waals surface area (Å²) < 4.78 is 0. The zero-order chi connectivity index (χ0) is 25.1. The highest BCUT2D eigenvalue weighted by molar-refractivity contribution is 5.42. The third kappa shape index (κ3) is 27.1. The predicted octanol–water partition coefficient (Wildman–Crippen LogP) is 7.07. The van der Waals surface area contributed by atoms with Gasteiger partial charge in [-0.15, -0.1) is 6.58 Å². The van der Waals surface area contributed by atoms with Crippen LogP contribution in [0.25, 0.3) is 0 Å². The molecule has 0 aliphatic heterocycles. The molecule has 1 aliphatic carbocycles. The number of hydrogen-bond acceptors (Lipinski definition) is 3. The smallest absolute Gasteiger partial charge is 0.204 e. The number of rotatable bonds is 10. The van der Waals surface area contributed by atoms with E-state index in [1.807, 2.05) is 33.9 Å². The normalized spacial score (nSPS) is 19.3. The summed E-state index contributed by atoms with van der Waals surface area (Å²) in [5.74, 6) is 2.10. The lowest BCUT2D eigenvalue weighted by Gasteiger charge is -2.28. The van der Waals surface area contributed by atoms with E-state index in [0.717, 1.165) is 18.3 Å². The minimum atomic E-state index is 0.125. The second-order valence-corrected chi connectivity index (χ2v) is 8.79. The molecule has 4 atom stereocenters.